The van der Waals surface area contributed by atoms with Crippen LogP contribution < -0.4 is 10.6 Å². The Labute approximate surface area is 124 Å². The van der Waals surface area contributed by atoms with Crippen molar-refractivity contribution in [3.63, 3.8) is 0 Å². The van der Waals surface area contributed by atoms with Crippen LogP contribution in [0.2, 0.25) is 0 Å². The van der Waals surface area contributed by atoms with Crippen LogP contribution in [0.5, 0.6) is 0 Å². The van der Waals surface area contributed by atoms with Gasteiger partial charge in [-0.15, -0.1) is 0 Å². The van der Waals surface area contributed by atoms with Crippen molar-refractivity contribution in [2.45, 2.75) is 27.2 Å². The van der Waals surface area contributed by atoms with Gasteiger partial charge in [0, 0.05) is 6.54 Å². The number of hydrogen-bond donors (Lipinski definition) is 3. The number of anilines is 2. The molecule has 1 aliphatic rings. The van der Waals surface area contributed by atoms with E-state index < -0.39 is 23.2 Å². The Kier molecular flexibility index (Phi) is 4.21. The lowest BCUT2D eigenvalue weighted by Crippen LogP contribution is -2.18. The highest BCUT2D eigenvalue weighted by Gasteiger charge is 2.65. The summed E-state index contributed by atoms with van der Waals surface area (Å²) in [6.45, 7) is 6.52. The molecule has 1 amide bonds. The average Bonchev–Trinajstić information content (AvgIpc) is 3.01. The largest absolute Gasteiger partial charge is 0.481 e. The second-order valence-electron chi connectivity index (χ2n) is 6.08. The van der Waals surface area contributed by atoms with E-state index in [2.05, 4.69) is 17.6 Å². The molecular formula is C16H22N2O3. The Hall–Kier alpha value is -2.04. The minimum Gasteiger partial charge on any atom is -0.481 e. The molecule has 0 aromatic heterocycles. The van der Waals surface area contributed by atoms with Gasteiger partial charge in [-0.3, -0.25) is 9.59 Å². The highest BCUT2D eigenvalue weighted by Crippen LogP contribution is 2.58. The SMILES string of the molecule is CCCNc1ccccc1NC(=O)[C@@H]1[C@H](C(=O)O)C1(C)C. The topological polar surface area (TPSA) is 78.4 Å². The Morgan fingerprint density at radius 2 is 1.81 bits per heavy atom. The molecular weight excluding hydrogens is 268 g/mol. The van der Waals surface area contributed by atoms with Crippen LogP contribution in [0.1, 0.15) is 27.2 Å². The van der Waals surface area contributed by atoms with Crippen LogP contribution in [-0.4, -0.2) is 23.5 Å². The fourth-order valence-electron chi connectivity index (χ4n) is 2.80. The predicted molar refractivity (Wildman–Crippen MR) is 82.2 cm³/mol. The second-order valence-corrected chi connectivity index (χ2v) is 6.08. The third-order valence-electron chi connectivity index (χ3n) is 4.13. The molecule has 5 nitrogen and oxygen atoms in total. The summed E-state index contributed by atoms with van der Waals surface area (Å²) >= 11 is 0. The zero-order chi connectivity index (χ0) is 15.6. The van der Waals surface area contributed by atoms with Gasteiger partial charge in [0.15, 0.2) is 0 Å². The molecule has 114 valence electrons. The van der Waals surface area contributed by atoms with Crippen molar-refractivity contribution in [3.8, 4) is 0 Å². The Balaban J connectivity index is 2.09. The third kappa shape index (κ3) is 3.01. The summed E-state index contributed by atoms with van der Waals surface area (Å²) in [6.07, 6.45) is 0.985. The van der Waals surface area contributed by atoms with Gasteiger partial charge in [-0.25, -0.2) is 0 Å². The van der Waals surface area contributed by atoms with E-state index in [9.17, 15) is 9.59 Å². The molecule has 1 aliphatic carbocycles. The minimum atomic E-state index is -0.905. The van der Waals surface area contributed by atoms with Crippen LogP contribution in [-0.2, 0) is 9.59 Å². The Morgan fingerprint density at radius 1 is 1.19 bits per heavy atom. The molecule has 0 saturated heterocycles. The Bertz CT molecular complexity index is 554. The highest BCUT2D eigenvalue weighted by atomic mass is 16.4. The molecule has 0 unspecified atom stereocenters. The third-order valence-corrected chi connectivity index (χ3v) is 4.13. The van der Waals surface area contributed by atoms with Gasteiger partial charge in [0.1, 0.15) is 0 Å². The number of hydrogen-bond acceptors (Lipinski definition) is 3. The number of nitrogens with one attached hydrogen (secondary N) is 2. The Morgan fingerprint density at radius 3 is 2.33 bits per heavy atom. The fourth-order valence-corrected chi connectivity index (χ4v) is 2.80. The molecule has 0 spiro atoms. The van der Waals surface area contributed by atoms with Crippen molar-refractivity contribution >= 4 is 23.3 Å². The first-order valence-electron chi connectivity index (χ1n) is 7.26. The van der Waals surface area contributed by atoms with Gasteiger partial charge in [0.2, 0.25) is 5.91 Å². The summed E-state index contributed by atoms with van der Waals surface area (Å²) in [5, 5.41) is 15.3. The number of para-hydroxylation sites is 2. The number of carboxylic acid groups (broad SMARTS) is 1. The monoisotopic (exact) mass is 290 g/mol. The van der Waals surface area contributed by atoms with E-state index in [1.807, 2.05) is 38.1 Å². The van der Waals surface area contributed by atoms with Crippen LogP contribution in [0.25, 0.3) is 0 Å². The van der Waals surface area contributed by atoms with E-state index >= 15 is 0 Å². The number of carbonyl (C=O) groups is 2. The average molecular weight is 290 g/mol. The minimum absolute atomic E-state index is 0.224. The number of carboxylic acids is 1. The number of amides is 1. The van der Waals surface area contributed by atoms with E-state index in [0.717, 1.165) is 18.7 Å². The smallest absolute Gasteiger partial charge is 0.307 e. The molecule has 21 heavy (non-hydrogen) atoms. The van der Waals surface area contributed by atoms with Crippen LogP contribution in [0.4, 0.5) is 11.4 Å². The maximum atomic E-state index is 12.3. The molecule has 1 aromatic rings. The number of aliphatic carboxylic acids is 1. The molecule has 0 radical (unpaired) electrons. The van der Waals surface area contributed by atoms with Gasteiger partial charge in [-0.05, 0) is 24.0 Å². The lowest BCUT2D eigenvalue weighted by Gasteiger charge is -2.13. The number of rotatable bonds is 6. The van der Waals surface area contributed by atoms with Crippen molar-refractivity contribution in [3.05, 3.63) is 24.3 Å². The van der Waals surface area contributed by atoms with Gasteiger partial charge >= 0.3 is 5.97 Å². The van der Waals surface area contributed by atoms with Crippen LogP contribution in [0.3, 0.4) is 0 Å². The van der Waals surface area contributed by atoms with Gasteiger partial charge in [-0.1, -0.05) is 32.9 Å². The van der Waals surface area contributed by atoms with Gasteiger partial charge < -0.3 is 15.7 Å². The van der Waals surface area contributed by atoms with Gasteiger partial charge in [0.25, 0.3) is 0 Å². The second kappa shape index (κ2) is 5.76. The lowest BCUT2D eigenvalue weighted by atomic mass is 10.1. The van der Waals surface area contributed by atoms with E-state index in [4.69, 9.17) is 5.11 Å². The van der Waals surface area contributed by atoms with Crippen molar-refractivity contribution in [2.75, 3.05) is 17.2 Å². The molecule has 3 N–H and O–H groups in total. The molecule has 2 atom stereocenters. The summed E-state index contributed by atoms with van der Waals surface area (Å²) in [6, 6.07) is 7.47. The maximum Gasteiger partial charge on any atom is 0.307 e. The molecule has 0 bridgehead atoms. The highest BCUT2D eigenvalue weighted by molar-refractivity contribution is 6.01. The van der Waals surface area contributed by atoms with E-state index in [1.165, 1.54) is 0 Å². The van der Waals surface area contributed by atoms with Crippen molar-refractivity contribution in [1.29, 1.82) is 0 Å². The van der Waals surface area contributed by atoms with Crippen LogP contribution >= 0.6 is 0 Å². The first-order valence-corrected chi connectivity index (χ1v) is 7.26. The normalized spacial score (nSPS) is 22.4. The van der Waals surface area contributed by atoms with E-state index in [-0.39, 0.29) is 5.91 Å². The maximum absolute atomic E-state index is 12.3. The van der Waals surface area contributed by atoms with Crippen molar-refractivity contribution in [2.24, 2.45) is 17.3 Å². The van der Waals surface area contributed by atoms with Crippen molar-refractivity contribution in [1.82, 2.24) is 0 Å². The summed E-state index contributed by atoms with van der Waals surface area (Å²) in [7, 11) is 0. The summed E-state index contributed by atoms with van der Waals surface area (Å²) in [4.78, 5) is 23.5. The summed E-state index contributed by atoms with van der Waals surface area (Å²) < 4.78 is 0. The summed E-state index contributed by atoms with van der Waals surface area (Å²) in [5.74, 6) is -2.21. The quantitative estimate of drug-likeness (QED) is 0.752. The number of benzene rings is 1. The zero-order valence-corrected chi connectivity index (χ0v) is 12.6. The predicted octanol–water partition coefficient (Wildman–Crippen LogP) is 2.80. The van der Waals surface area contributed by atoms with Crippen LogP contribution in [0, 0.1) is 17.3 Å². The summed E-state index contributed by atoms with van der Waals surface area (Å²) in [5.41, 5.74) is 1.07. The molecule has 1 aromatic carbocycles. The number of carbonyl (C=O) groups excluding carboxylic acids is 1. The van der Waals surface area contributed by atoms with Crippen molar-refractivity contribution < 1.29 is 14.7 Å². The molecule has 2 rings (SSSR count). The fraction of sp³-hybridized carbons (Fsp3) is 0.500. The first kappa shape index (κ1) is 15.4. The molecule has 1 saturated carbocycles. The molecule has 1 fully saturated rings. The molecule has 0 aliphatic heterocycles. The van der Waals surface area contributed by atoms with Crippen LogP contribution in [0.15, 0.2) is 24.3 Å². The zero-order valence-electron chi connectivity index (χ0n) is 12.6. The molecule has 5 heteroatoms. The van der Waals surface area contributed by atoms with E-state index in [0.29, 0.717) is 5.69 Å². The van der Waals surface area contributed by atoms with Gasteiger partial charge in [-0.2, -0.15) is 0 Å². The standard InChI is InChI=1S/C16H22N2O3/c1-4-9-17-10-7-5-6-8-11(10)18-14(19)12-13(15(20)21)16(12,2)3/h5-8,12-13,17H,4,9H2,1-3H3,(H,18,19)(H,20,21)/t12-,13+/m0/s1. The van der Waals surface area contributed by atoms with E-state index in [1.54, 1.807) is 0 Å². The molecule has 0 heterocycles. The lowest BCUT2D eigenvalue weighted by molar-refractivity contribution is -0.140. The van der Waals surface area contributed by atoms with Gasteiger partial charge in [0.05, 0.1) is 23.2 Å². The first-order chi connectivity index (χ1) is 9.89.